The molecule has 2 rings (SSSR count). The van der Waals surface area contributed by atoms with E-state index in [1.165, 1.54) is 18.3 Å². The fourth-order valence-corrected chi connectivity index (χ4v) is 1.49. The van der Waals surface area contributed by atoms with Crippen molar-refractivity contribution in [3.8, 4) is 17.6 Å². The second-order valence-corrected chi connectivity index (χ2v) is 3.60. The largest absolute Gasteiger partial charge is 0.450 e. The summed E-state index contributed by atoms with van der Waals surface area (Å²) >= 11 is 5.67. The minimum atomic E-state index is -0.869. The Hall–Kier alpha value is -2.19. The summed E-state index contributed by atoms with van der Waals surface area (Å²) in [5.74, 6) is -2.38. The Morgan fingerprint density at radius 3 is 2.50 bits per heavy atom. The number of halogens is 3. The van der Waals surface area contributed by atoms with Gasteiger partial charge in [-0.25, -0.2) is 13.8 Å². The molecule has 0 atom stereocenters. The highest BCUT2D eigenvalue weighted by molar-refractivity contribution is 6.30. The third-order valence-corrected chi connectivity index (χ3v) is 2.40. The Bertz CT molecular complexity index is 620. The quantitative estimate of drug-likeness (QED) is 0.779. The van der Waals surface area contributed by atoms with E-state index in [2.05, 4.69) is 4.98 Å². The van der Waals surface area contributed by atoms with Crippen molar-refractivity contribution in [1.82, 2.24) is 4.98 Å². The van der Waals surface area contributed by atoms with Gasteiger partial charge in [0.2, 0.25) is 0 Å². The van der Waals surface area contributed by atoms with Crippen molar-refractivity contribution in [1.29, 1.82) is 5.26 Å². The number of pyridine rings is 1. The first-order chi connectivity index (χ1) is 8.63. The number of hydrogen-bond acceptors (Lipinski definition) is 3. The summed E-state index contributed by atoms with van der Waals surface area (Å²) in [7, 11) is 0. The molecule has 0 N–H and O–H groups in total. The Balaban J connectivity index is 2.48. The van der Waals surface area contributed by atoms with Crippen molar-refractivity contribution in [2.24, 2.45) is 0 Å². The van der Waals surface area contributed by atoms with E-state index in [0.717, 1.165) is 12.1 Å². The van der Waals surface area contributed by atoms with Crippen LogP contribution < -0.4 is 4.74 Å². The first-order valence-corrected chi connectivity index (χ1v) is 5.17. The maximum Gasteiger partial charge on any atom is 0.198 e. The highest BCUT2D eigenvalue weighted by Crippen LogP contribution is 2.31. The zero-order valence-electron chi connectivity index (χ0n) is 8.82. The SMILES string of the molecule is N#Cc1c(Oc2c(F)cccc2F)ccnc1Cl. The van der Waals surface area contributed by atoms with E-state index in [1.807, 2.05) is 0 Å². The van der Waals surface area contributed by atoms with Crippen LogP contribution in [-0.2, 0) is 0 Å². The molecule has 0 aliphatic rings. The molecule has 0 saturated carbocycles. The van der Waals surface area contributed by atoms with E-state index in [1.54, 1.807) is 6.07 Å². The predicted molar refractivity (Wildman–Crippen MR) is 60.4 cm³/mol. The first kappa shape index (κ1) is 12.3. The normalized spacial score (nSPS) is 9.89. The van der Waals surface area contributed by atoms with E-state index in [9.17, 15) is 8.78 Å². The summed E-state index contributed by atoms with van der Waals surface area (Å²) in [6.07, 6.45) is 1.28. The van der Waals surface area contributed by atoms with Crippen LogP contribution in [0.4, 0.5) is 8.78 Å². The summed E-state index contributed by atoms with van der Waals surface area (Å²) in [6, 6.07) is 6.37. The van der Waals surface area contributed by atoms with Gasteiger partial charge in [-0.15, -0.1) is 0 Å². The third-order valence-electron chi connectivity index (χ3n) is 2.11. The van der Waals surface area contributed by atoms with E-state index >= 15 is 0 Å². The van der Waals surface area contributed by atoms with E-state index in [4.69, 9.17) is 21.6 Å². The number of hydrogen-bond donors (Lipinski definition) is 0. The molecule has 18 heavy (non-hydrogen) atoms. The van der Waals surface area contributed by atoms with E-state index in [-0.39, 0.29) is 16.5 Å². The monoisotopic (exact) mass is 266 g/mol. The Labute approximate surface area is 106 Å². The molecular weight excluding hydrogens is 262 g/mol. The fraction of sp³-hybridized carbons (Fsp3) is 0. The number of para-hydroxylation sites is 1. The van der Waals surface area contributed by atoms with Crippen LogP contribution in [0.15, 0.2) is 30.5 Å². The topological polar surface area (TPSA) is 45.9 Å². The van der Waals surface area contributed by atoms with Gasteiger partial charge in [0.05, 0.1) is 0 Å². The zero-order chi connectivity index (χ0) is 13.1. The Morgan fingerprint density at radius 1 is 1.22 bits per heavy atom. The van der Waals surface area contributed by atoms with Gasteiger partial charge in [-0.2, -0.15) is 5.26 Å². The molecule has 90 valence electrons. The molecule has 0 aliphatic carbocycles. The summed E-state index contributed by atoms with van der Waals surface area (Å²) in [4.78, 5) is 3.67. The molecule has 1 heterocycles. The maximum absolute atomic E-state index is 13.4. The van der Waals surface area contributed by atoms with Crippen molar-refractivity contribution in [3.05, 3.63) is 52.8 Å². The number of nitrogens with zero attached hydrogens (tertiary/aromatic N) is 2. The van der Waals surface area contributed by atoms with Crippen molar-refractivity contribution in [2.45, 2.75) is 0 Å². The summed E-state index contributed by atoms with van der Waals surface area (Å²) in [5.41, 5.74) is -0.0816. The molecule has 0 unspecified atom stereocenters. The van der Waals surface area contributed by atoms with Crippen LogP contribution >= 0.6 is 11.6 Å². The Kier molecular flexibility index (Phi) is 3.40. The van der Waals surface area contributed by atoms with Crippen molar-refractivity contribution < 1.29 is 13.5 Å². The molecule has 0 bridgehead atoms. The molecule has 1 aromatic carbocycles. The standard InChI is InChI=1S/C12H5ClF2N2O/c13-12-7(6-16)10(4-5-17-12)18-11-8(14)2-1-3-9(11)15/h1-5H. The molecule has 0 aliphatic heterocycles. The second-order valence-electron chi connectivity index (χ2n) is 3.24. The number of benzene rings is 1. The number of aromatic nitrogens is 1. The van der Waals surface area contributed by atoms with Crippen LogP contribution in [0.1, 0.15) is 5.56 Å². The minimum Gasteiger partial charge on any atom is -0.450 e. The molecule has 3 nitrogen and oxygen atoms in total. The average Bonchev–Trinajstić information content (AvgIpc) is 2.34. The lowest BCUT2D eigenvalue weighted by atomic mass is 10.2. The number of nitriles is 1. The van der Waals surface area contributed by atoms with Crippen LogP contribution in [0.2, 0.25) is 5.15 Å². The van der Waals surface area contributed by atoms with Gasteiger partial charge in [0.15, 0.2) is 22.5 Å². The molecule has 1 aromatic heterocycles. The van der Waals surface area contributed by atoms with Gasteiger partial charge in [-0.05, 0) is 12.1 Å². The van der Waals surface area contributed by atoms with Gasteiger partial charge in [0.25, 0.3) is 0 Å². The van der Waals surface area contributed by atoms with Gasteiger partial charge in [-0.1, -0.05) is 17.7 Å². The lowest BCUT2D eigenvalue weighted by Gasteiger charge is -2.09. The Morgan fingerprint density at radius 2 is 1.89 bits per heavy atom. The summed E-state index contributed by atoms with van der Waals surface area (Å²) in [5, 5.41) is 8.78. The second kappa shape index (κ2) is 4.98. The lowest BCUT2D eigenvalue weighted by molar-refractivity contribution is 0.406. The number of ether oxygens (including phenoxy) is 1. The van der Waals surface area contributed by atoms with Gasteiger partial charge < -0.3 is 4.74 Å². The van der Waals surface area contributed by atoms with Gasteiger partial charge >= 0.3 is 0 Å². The molecule has 0 spiro atoms. The van der Waals surface area contributed by atoms with Crippen LogP contribution in [0.25, 0.3) is 0 Å². The maximum atomic E-state index is 13.4. The average molecular weight is 267 g/mol. The van der Waals surface area contributed by atoms with Crippen LogP contribution in [0.3, 0.4) is 0 Å². The summed E-state index contributed by atoms with van der Waals surface area (Å²) < 4.78 is 31.8. The van der Waals surface area contributed by atoms with Gasteiger partial charge in [-0.3, -0.25) is 0 Å². The van der Waals surface area contributed by atoms with Crippen LogP contribution in [-0.4, -0.2) is 4.98 Å². The van der Waals surface area contributed by atoms with Crippen molar-refractivity contribution in [3.63, 3.8) is 0 Å². The zero-order valence-corrected chi connectivity index (χ0v) is 9.58. The van der Waals surface area contributed by atoms with E-state index in [0.29, 0.717) is 0 Å². The molecule has 0 fully saturated rings. The third kappa shape index (κ3) is 2.24. The van der Waals surface area contributed by atoms with Crippen LogP contribution in [0.5, 0.6) is 11.5 Å². The van der Waals surface area contributed by atoms with Gasteiger partial charge in [0, 0.05) is 12.3 Å². The molecule has 0 amide bonds. The molecule has 0 saturated heterocycles. The van der Waals surface area contributed by atoms with Crippen molar-refractivity contribution >= 4 is 11.6 Å². The molecule has 0 radical (unpaired) electrons. The smallest absolute Gasteiger partial charge is 0.198 e. The highest BCUT2D eigenvalue weighted by Gasteiger charge is 2.15. The molecule has 2 aromatic rings. The van der Waals surface area contributed by atoms with Gasteiger partial charge in [0.1, 0.15) is 17.4 Å². The molecular formula is C12H5ClF2N2O. The van der Waals surface area contributed by atoms with E-state index < -0.39 is 17.4 Å². The van der Waals surface area contributed by atoms with Crippen LogP contribution in [0, 0.1) is 23.0 Å². The predicted octanol–water partition coefficient (Wildman–Crippen LogP) is 3.68. The number of rotatable bonds is 2. The molecule has 6 heteroatoms. The summed E-state index contributed by atoms with van der Waals surface area (Å²) in [6.45, 7) is 0. The highest BCUT2D eigenvalue weighted by atomic mass is 35.5. The lowest BCUT2D eigenvalue weighted by Crippen LogP contribution is -1.95. The minimum absolute atomic E-state index is 0.0542. The fourth-order valence-electron chi connectivity index (χ4n) is 1.30. The first-order valence-electron chi connectivity index (χ1n) is 4.80. The van der Waals surface area contributed by atoms with Crippen molar-refractivity contribution in [2.75, 3.05) is 0 Å².